The molecule has 0 aliphatic rings. The molecule has 0 fully saturated rings. The van der Waals surface area contributed by atoms with Crippen LogP contribution in [-0.2, 0) is 26.2 Å². The van der Waals surface area contributed by atoms with Gasteiger partial charge in [0.2, 0.25) is 11.8 Å². The minimum atomic E-state index is -4.19. The number of halogens is 1. The van der Waals surface area contributed by atoms with Gasteiger partial charge in [-0.25, -0.2) is 8.42 Å². The fourth-order valence-electron chi connectivity index (χ4n) is 4.45. The van der Waals surface area contributed by atoms with Gasteiger partial charge in [-0.05, 0) is 88.2 Å². The second kappa shape index (κ2) is 14.4. The Morgan fingerprint density at radius 1 is 0.976 bits per heavy atom. The lowest BCUT2D eigenvalue weighted by Gasteiger charge is -2.33. The summed E-state index contributed by atoms with van der Waals surface area (Å²) in [6.07, 6.45) is 0.350. The van der Waals surface area contributed by atoms with Gasteiger partial charge in [0.05, 0.1) is 17.2 Å². The predicted octanol–water partition coefficient (Wildman–Crippen LogP) is 5.57. The van der Waals surface area contributed by atoms with Gasteiger partial charge in [-0.2, -0.15) is 0 Å². The third-order valence-electron chi connectivity index (χ3n) is 6.37. The van der Waals surface area contributed by atoms with Crippen LogP contribution in [0.25, 0.3) is 0 Å². The van der Waals surface area contributed by atoms with E-state index in [1.807, 2.05) is 58.9 Å². The summed E-state index contributed by atoms with van der Waals surface area (Å²) in [5.74, 6) is -0.232. The first-order valence-corrected chi connectivity index (χ1v) is 15.4. The first-order valence-electron chi connectivity index (χ1n) is 13.6. The Bertz CT molecular complexity index is 1430. The Hall–Kier alpha value is -3.56. The SMILES string of the molecule is CCOc1ccc(N(CC(=O)N(Cc2cccc(C)c2)[C@@H](CC)C(=O)NC(C)C)S(=O)(=O)c2ccc(Cl)cc2)cc1. The zero-order valence-electron chi connectivity index (χ0n) is 24.1. The lowest BCUT2D eigenvalue weighted by molar-refractivity contribution is -0.140. The average Bonchev–Trinajstić information content (AvgIpc) is 2.92. The number of benzene rings is 3. The average molecular weight is 600 g/mol. The second-order valence-electron chi connectivity index (χ2n) is 9.99. The van der Waals surface area contributed by atoms with Gasteiger partial charge in [-0.1, -0.05) is 48.4 Å². The highest BCUT2D eigenvalue weighted by Gasteiger charge is 2.34. The summed E-state index contributed by atoms with van der Waals surface area (Å²) in [5, 5.41) is 3.29. The van der Waals surface area contributed by atoms with Crippen molar-refractivity contribution in [1.82, 2.24) is 10.2 Å². The summed E-state index contributed by atoms with van der Waals surface area (Å²) in [4.78, 5) is 28.8. The molecule has 0 saturated carbocycles. The zero-order valence-corrected chi connectivity index (χ0v) is 25.7. The molecular formula is C31H38ClN3O5S. The number of carbonyl (C=O) groups excluding carboxylic acids is 2. The van der Waals surface area contributed by atoms with Crippen molar-refractivity contribution in [1.29, 1.82) is 0 Å². The van der Waals surface area contributed by atoms with E-state index < -0.39 is 28.5 Å². The van der Waals surface area contributed by atoms with Crippen molar-refractivity contribution in [2.24, 2.45) is 0 Å². The van der Waals surface area contributed by atoms with Gasteiger partial charge in [-0.3, -0.25) is 13.9 Å². The quantitative estimate of drug-likeness (QED) is 0.277. The van der Waals surface area contributed by atoms with Crippen LogP contribution in [0.2, 0.25) is 5.02 Å². The number of rotatable bonds is 13. The maximum atomic E-state index is 14.1. The monoisotopic (exact) mass is 599 g/mol. The van der Waals surface area contributed by atoms with E-state index in [-0.39, 0.29) is 29.1 Å². The number of aryl methyl sites for hydroxylation is 1. The molecule has 220 valence electrons. The molecule has 3 aromatic rings. The fourth-order valence-corrected chi connectivity index (χ4v) is 5.99. The normalized spacial score (nSPS) is 12.1. The van der Waals surface area contributed by atoms with Crippen LogP contribution >= 0.6 is 11.6 Å². The largest absolute Gasteiger partial charge is 0.494 e. The minimum absolute atomic E-state index is 0.0154. The van der Waals surface area contributed by atoms with Crippen molar-refractivity contribution >= 4 is 39.1 Å². The summed E-state index contributed by atoms with van der Waals surface area (Å²) in [6, 6.07) is 19.0. The molecule has 8 nitrogen and oxygen atoms in total. The molecule has 1 N–H and O–H groups in total. The Morgan fingerprint density at radius 3 is 2.20 bits per heavy atom. The molecule has 3 aromatic carbocycles. The number of nitrogens with zero attached hydrogens (tertiary/aromatic N) is 2. The van der Waals surface area contributed by atoms with Crippen LogP contribution < -0.4 is 14.4 Å². The minimum Gasteiger partial charge on any atom is -0.494 e. The van der Waals surface area contributed by atoms with E-state index in [0.717, 1.165) is 15.4 Å². The van der Waals surface area contributed by atoms with E-state index >= 15 is 0 Å². The summed E-state index contributed by atoms with van der Waals surface area (Å²) in [6.45, 7) is 9.41. The highest BCUT2D eigenvalue weighted by atomic mass is 35.5. The highest BCUT2D eigenvalue weighted by Crippen LogP contribution is 2.27. The molecular weight excluding hydrogens is 562 g/mol. The lowest BCUT2D eigenvalue weighted by atomic mass is 10.1. The number of nitrogens with one attached hydrogen (secondary N) is 1. The Balaban J connectivity index is 2.07. The van der Waals surface area contributed by atoms with Crippen LogP contribution in [0.4, 0.5) is 5.69 Å². The first-order chi connectivity index (χ1) is 19.5. The molecule has 0 aliphatic heterocycles. The van der Waals surface area contributed by atoms with E-state index in [1.54, 1.807) is 24.3 Å². The van der Waals surface area contributed by atoms with Gasteiger partial charge >= 0.3 is 0 Å². The summed E-state index contributed by atoms with van der Waals surface area (Å²) in [7, 11) is -4.19. The van der Waals surface area contributed by atoms with Gasteiger partial charge in [0.15, 0.2) is 0 Å². The van der Waals surface area contributed by atoms with Crippen molar-refractivity contribution < 1.29 is 22.7 Å². The van der Waals surface area contributed by atoms with E-state index in [9.17, 15) is 18.0 Å². The van der Waals surface area contributed by atoms with Gasteiger partial charge in [0, 0.05) is 17.6 Å². The Morgan fingerprint density at radius 2 is 1.63 bits per heavy atom. The fraction of sp³-hybridized carbons (Fsp3) is 0.355. The van der Waals surface area contributed by atoms with Gasteiger partial charge in [-0.15, -0.1) is 0 Å². The molecule has 1 atom stereocenters. The molecule has 0 spiro atoms. The molecule has 0 aliphatic carbocycles. The van der Waals surface area contributed by atoms with Crippen LogP contribution in [0.1, 0.15) is 45.2 Å². The van der Waals surface area contributed by atoms with E-state index in [4.69, 9.17) is 16.3 Å². The van der Waals surface area contributed by atoms with Crippen molar-refractivity contribution in [2.45, 2.75) is 64.6 Å². The summed E-state index contributed by atoms with van der Waals surface area (Å²) in [5.41, 5.74) is 2.13. The van der Waals surface area contributed by atoms with E-state index in [0.29, 0.717) is 23.8 Å². The number of hydrogen-bond donors (Lipinski definition) is 1. The maximum absolute atomic E-state index is 14.1. The summed E-state index contributed by atoms with van der Waals surface area (Å²) >= 11 is 6.01. The van der Waals surface area contributed by atoms with Crippen molar-refractivity contribution in [3.63, 3.8) is 0 Å². The lowest BCUT2D eigenvalue weighted by Crippen LogP contribution is -2.53. The number of sulfonamides is 1. The van der Waals surface area contributed by atoms with Gasteiger partial charge in [0.1, 0.15) is 18.3 Å². The van der Waals surface area contributed by atoms with Crippen molar-refractivity contribution in [3.8, 4) is 5.75 Å². The number of ether oxygens (including phenoxy) is 1. The highest BCUT2D eigenvalue weighted by molar-refractivity contribution is 7.92. The predicted molar refractivity (Wildman–Crippen MR) is 163 cm³/mol. The number of carbonyl (C=O) groups is 2. The van der Waals surface area contributed by atoms with Crippen molar-refractivity contribution in [3.05, 3.63) is 88.9 Å². The molecule has 0 radical (unpaired) electrons. The Labute approximate surface area is 248 Å². The van der Waals surface area contributed by atoms with Gasteiger partial charge < -0.3 is 15.0 Å². The molecule has 0 aromatic heterocycles. The van der Waals surface area contributed by atoms with E-state index in [1.165, 1.54) is 29.2 Å². The molecule has 2 amide bonds. The molecule has 0 unspecified atom stereocenters. The first kappa shape index (κ1) is 32.0. The molecule has 0 bridgehead atoms. The topological polar surface area (TPSA) is 96.0 Å². The molecule has 0 saturated heterocycles. The maximum Gasteiger partial charge on any atom is 0.264 e. The molecule has 0 heterocycles. The number of anilines is 1. The third-order valence-corrected chi connectivity index (χ3v) is 8.41. The zero-order chi connectivity index (χ0) is 30.2. The molecule has 41 heavy (non-hydrogen) atoms. The van der Waals surface area contributed by atoms with Gasteiger partial charge in [0.25, 0.3) is 10.0 Å². The summed E-state index contributed by atoms with van der Waals surface area (Å²) < 4.78 is 34.5. The second-order valence-corrected chi connectivity index (χ2v) is 12.3. The van der Waals surface area contributed by atoms with Crippen LogP contribution in [0.5, 0.6) is 5.75 Å². The number of amides is 2. The van der Waals surface area contributed by atoms with Crippen LogP contribution in [0, 0.1) is 6.92 Å². The molecule has 3 rings (SSSR count). The smallest absolute Gasteiger partial charge is 0.264 e. The standard InChI is InChI=1S/C31H38ClN3O5S/c1-6-29(31(37)33-22(3)4)34(20-24-10-8-9-23(5)19-24)30(36)21-35(26-13-15-27(16-14-26)40-7-2)41(38,39)28-17-11-25(32)12-18-28/h8-19,22,29H,6-7,20-21H2,1-5H3,(H,33,37)/t29-/m0/s1. The van der Waals surface area contributed by atoms with E-state index in [2.05, 4.69) is 5.32 Å². The number of hydrogen-bond acceptors (Lipinski definition) is 5. The van der Waals surface area contributed by atoms with Crippen LogP contribution in [-0.4, -0.2) is 50.4 Å². The van der Waals surface area contributed by atoms with Crippen LogP contribution in [0.15, 0.2) is 77.7 Å². The third kappa shape index (κ3) is 8.47. The Kier molecular flexibility index (Phi) is 11.2. The molecule has 10 heteroatoms. The van der Waals surface area contributed by atoms with Crippen LogP contribution in [0.3, 0.4) is 0 Å². The van der Waals surface area contributed by atoms with Crippen molar-refractivity contribution in [2.75, 3.05) is 17.5 Å².